The average Bonchev–Trinajstić information content (AvgIpc) is 2.48. The molecule has 0 aromatic carbocycles. The number of nitrogen functional groups attached to an aromatic ring is 2. The number of aromatic nitrogens is 2. The third-order valence-corrected chi connectivity index (χ3v) is 2.61. The molecule has 0 fully saturated rings. The Hall–Kier alpha value is -2.14. The number of pyridine rings is 2. The summed E-state index contributed by atoms with van der Waals surface area (Å²) in [4.78, 5) is 7.91. The highest BCUT2D eigenvalue weighted by Gasteiger charge is 1.87. The zero-order chi connectivity index (χ0) is 16.1. The van der Waals surface area contributed by atoms with Gasteiger partial charge in [-0.3, -0.25) is 9.97 Å². The topological polar surface area (TPSA) is 98.0 Å². The van der Waals surface area contributed by atoms with E-state index in [1.54, 1.807) is 12.4 Å². The van der Waals surface area contributed by atoms with Crippen molar-refractivity contribution in [2.24, 2.45) is 0 Å². The monoisotopic (exact) mass is 290 g/mol. The lowest BCUT2D eigenvalue weighted by molar-refractivity contribution is 0.287. The summed E-state index contributed by atoms with van der Waals surface area (Å²) >= 11 is 0. The summed E-state index contributed by atoms with van der Waals surface area (Å²) in [7, 11) is 0. The SMILES string of the molecule is CCCCO.Cc1ncccc1N.Cc1ncccc1N. The number of nitrogens with zero attached hydrogens (tertiary/aromatic N) is 2. The maximum Gasteiger partial charge on any atom is 0.0601 e. The van der Waals surface area contributed by atoms with Crippen LogP contribution in [0.5, 0.6) is 0 Å². The fraction of sp³-hybridized carbons (Fsp3) is 0.375. The van der Waals surface area contributed by atoms with Crippen molar-refractivity contribution in [2.75, 3.05) is 18.1 Å². The van der Waals surface area contributed by atoms with Crippen LogP contribution in [0.15, 0.2) is 36.7 Å². The Kier molecular flexibility index (Phi) is 10.5. The van der Waals surface area contributed by atoms with Gasteiger partial charge in [-0.15, -0.1) is 0 Å². The highest BCUT2D eigenvalue weighted by molar-refractivity contribution is 5.41. The van der Waals surface area contributed by atoms with Crippen LogP contribution in [-0.4, -0.2) is 21.7 Å². The van der Waals surface area contributed by atoms with Gasteiger partial charge in [-0.1, -0.05) is 13.3 Å². The largest absolute Gasteiger partial charge is 0.397 e. The van der Waals surface area contributed by atoms with E-state index >= 15 is 0 Å². The van der Waals surface area contributed by atoms with Crippen LogP contribution in [0, 0.1) is 13.8 Å². The second-order valence-corrected chi connectivity index (χ2v) is 4.43. The Morgan fingerprint density at radius 2 is 1.38 bits per heavy atom. The van der Waals surface area contributed by atoms with Crippen LogP contribution in [0.25, 0.3) is 0 Å². The Labute approximate surface area is 127 Å². The third kappa shape index (κ3) is 9.40. The lowest BCUT2D eigenvalue weighted by atomic mass is 10.3. The summed E-state index contributed by atoms with van der Waals surface area (Å²) in [6, 6.07) is 7.31. The number of aryl methyl sites for hydroxylation is 2. The van der Waals surface area contributed by atoms with Crippen LogP contribution < -0.4 is 11.5 Å². The van der Waals surface area contributed by atoms with Gasteiger partial charge in [0.15, 0.2) is 0 Å². The van der Waals surface area contributed by atoms with Crippen LogP contribution in [0.4, 0.5) is 11.4 Å². The first-order chi connectivity index (χ1) is 10.0. The number of rotatable bonds is 2. The summed E-state index contributed by atoms with van der Waals surface area (Å²) in [5.41, 5.74) is 14.2. The molecule has 2 rings (SSSR count). The number of hydrogen-bond acceptors (Lipinski definition) is 5. The van der Waals surface area contributed by atoms with Crippen LogP contribution in [-0.2, 0) is 0 Å². The highest BCUT2D eigenvalue weighted by atomic mass is 16.2. The van der Waals surface area contributed by atoms with E-state index in [0.717, 1.165) is 35.6 Å². The van der Waals surface area contributed by atoms with Crippen molar-refractivity contribution < 1.29 is 5.11 Å². The third-order valence-electron chi connectivity index (χ3n) is 2.61. The molecule has 0 spiro atoms. The molecule has 0 bridgehead atoms. The maximum atomic E-state index is 8.07. The molecule has 0 saturated heterocycles. The average molecular weight is 290 g/mol. The van der Waals surface area contributed by atoms with Gasteiger partial charge in [0.25, 0.3) is 0 Å². The molecular formula is C16H26N4O. The molecule has 0 unspecified atom stereocenters. The standard InChI is InChI=1S/2C6H8N2.C4H10O/c2*1-5-6(7)3-2-4-8-5;1-2-3-4-5/h2*2-4H,7H2,1H3;5H,2-4H2,1H3. The van der Waals surface area contributed by atoms with Gasteiger partial charge in [0, 0.05) is 19.0 Å². The van der Waals surface area contributed by atoms with Crippen LogP contribution >= 0.6 is 0 Å². The van der Waals surface area contributed by atoms with Crippen molar-refractivity contribution in [3.8, 4) is 0 Å². The quantitative estimate of drug-likeness (QED) is 0.790. The lowest BCUT2D eigenvalue weighted by Crippen LogP contribution is -1.89. The fourth-order valence-electron chi connectivity index (χ4n) is 1.15. The van der Waals surface area contributed by atoms with Crippen molar-refractivity contribution in [1.29, 1.82) is 0 Å². The molecule has 2 heterocycles. The molecule has 5 heteroatoms. The normalized spacial score (nSPS) is 8.95. The second kappa shape index (κ2) is 11.7. The number of aliphatic hydroxyl groups is 1. The Morgan fingerprint density at radius 3 is 1.52 bits per heavy atom. The molecule has 2 aromatic heterocycles. The highest BCUT2D eigenvalue weighted by Crippen LogP contribution is 2.03. The molecule has 116 valence electrons. The molecule has 0 radical (unpaired) electrons. The van der Waals surface area contributed by atoms with Gasteiger partial charge >= 0.3 is 0 Å². The Morgan fingerprint density at radius 1 is 0.952 bits per heavy atom. The van der Waals surface area contributed by atoms with Crippen molar-refractivity contribution in [3.05, 3.63) is 48.0 Å². The number of unbranched alkanes of at least 4 members (excludes halogenated alkanes) is 1. The van der Waals surface area contributed by atoms with Crippen LogP contribution in [0.2, 0.25) is 0 Å². The summed E-state index contributed by atoms with van der Waals surface area (Å²) < 4.78 is 0. The first-order valence-electron chi connectivity index (χ1n) is 6.97. The summed E-state index contributed by atoms with van der Waals surface area (Å²) in [5.74, 6) is 0. The first kappa shape index (κ1) is 18.9. The number of nitrogens with two attached hydrogens (primary N) is 2. The van der Waals surface area contributed by atoms with E-state index in [1.165, 1.54) is 0 Å². The molecule has 0 aliphatic rings. The minimum Gasteiger partial charge on any atom is -0.397 e. The van der Waals surface area contributed by atoms with Gasteiger partial charge < -0.3 is 16.6 Å². The maximum absolute atomic E-state index is 8.07. The predicted octanol–water partition coefficient (Wildman–Crippen LogP) is 2.72. The zero-order valence-corrected chi connectivity index (χ0v) is 13.1. The number of aliphatic hydroxyl groups excluding tert-OH is 1. The zero-order valence-electron chi connectivity index (χ0n) is 13.1. The van der Waals surface area contributed by atoms with E-state index in [0.29, 0.717) is 6.61 Å². The van der Waals surface area contributed by atoms with Crippen molar-refractivity contribution in [1.82, 2.24) is 9.97 Å². The van der Waals surface area contributed by atoms with Gasteiger partial charge in [0.05, 0.1) is 22.8 Å². The smallest absolute Gasteiger partial charge is 0.0601 e. The summed E-state index contributed by atoms with van der Waals surface area (Å²) in [6.07, 6.45) is 5.49. The molecule has 5 nitrogen and oxygen atoms in total. The molecule has 0 aliphatic heterocycles. The molecule has 5 N–H and O–H groups in total. The van der Waals surface area contributed by atoms with Crippen molar-refractivity contribution in [3.63, 3.8) is 0 Å². The minimum atomic E-state index is 0.344. The van der Waals surface area contributed by atoms with Gasteiger partial charge in [-0.2, -0.15) is 0 Å². The molecular weight excluding hydrogens is 264 g/mol. The number of anilines is 2. The second-order valence-electron chi connectivity index (χ2n) is 4.43. The molecule has 0 saturated carbocycles. The summed E-state index contributed by atoms with van der Waals surface area (Å²) in [5, 5.41) is 8.07. The van der Waals surface area contributed by atoms with E-state index in [9.17, 15) is 0 Å². The van der Waals surface area contributed by atoms with Gasteiger partial charge in [-0.25, -0.2) is 0 Å². The summed E-state index contributed by atoms with van der Waals surface area (Å²) in [6.45, 7) is 6.16. The molecule has 2 aromatic rings. The molecule has 0 amide bonds. The van der Waals surface area contributed by atoms with Crippen LogP contribution in [0.1, 0.15) is 31.2 Å². The van der Waals surface area contributed by atoms with Gasteiger partial charge in [0.1, 0.15) is 0 Å². The molecule has 21 heavy (non-hydrogen) atoms. The number of hydrogen-bond donors (Lipinski definition) is 3. The molecule has 0 atom stereocenters. The van der Waals surface area contributed by atoms with Crippen molar-refractivity contribution in [2.45, 2.75) is 33.6 Å². The van der Waals surface area contributed by atoms with Crippen LogP contribution in [0.3, 0.4) is 0 Å². The fourth-order valence-corrected chi connectivity index (χ4v) is 1.15. The van der Waals surface area contributed by atoms with E-state index in [4.69, 9.17) is 16.6 Å². The van der Waals surface area contributed by atoms with Gasteiger partial charge in [0.2, 0.25) is 0 Å². The molecule has 0 aliphatic carbocycles. The predicted molar refractivity (Wildman–Crippen MR) is 88.8 cm³/mol. The van der Waals surface area contributed by atoms with E-state index in [1.807, 2.05) is 38.1 Å². The van der Waals surface area contributed by atoms with E-state index in [-0.39, 0.29) is 0 Å². The first-order valence-corrected chi connectivity index (χ1v) is 6.97. The Bertz CT molecular complexity index is 416. The minimum absolute atomic E-state index is 0.344. The lowest BCUT2D eigenvalue weighted by Gasteiger charge is -1.92. The Balaban J connectivity index is 0.000000296. The van der Waals surface area contributed by atoms with Gasteiger partial charge in [-0.05, 0) is 44.5 Å². The van der Waals surface area contributed by atoms with E-state index in [2.05, 4.69) is 16.9 Å². The van der Waals surface area contributed by atoms with Crippen molar-refractivity contribution >= 4 is 11.4 Å². The van der Waals surface area contributed by atoms with E-state index < -0.39 is 0 Å².